The molecule has 0 saturated heterocycles. The van der Waals surface area contributed by atoms with Gasteiger partial charge >= 0.3 is 5.97 Å². The maximum Gasteiger partial charge on any atom is 0.308 e. The predicted molar refractivity (Wildman–Crippen MR) is 59.8 cm³/mol. The molecule has 1 N–H and O–H groups in total. The number of hydrogen-bond donors (Lipinski definition) is 1. The first kappa shape index (κ1) is 13.1. The Labute approximate surface area is 104 Å². The van der Waals surface area contributed by atoms with Crippen molar-refractivity contribution in [2.75, 3.05) is 7.11 Å². The Morgan fingerprint density at radius 2 is 2.31 bits per heavy atom. The number of carboxylic acids is 1. The molecule has 1 rings (SSSR count). The Kier molecular flexibility index (Phi) is 4.39. The molecule has 0 aliphatic carbocycles. The molecule has 1 aromatic rings. The molecule has 0 amide bonds. The zero-order valence-electron chi connectivity index (χ0n) is 8.21. The first-order valence-corrected chi connectivity index (χ1v) is 5.26. The van der Waals surface area contributed by atoms with Gasteiger partial charge in [-0.05, 0) is 22.6 Å². The molecule has 7 heteroatoms. The summed E-state index contributed by atoms with van der Waals surface area (Å²) in [5, 5.41) is 8.63. The van der Waals surface area contributed by atoms with Crippen molar-refractivity contribution in [1.29, 1.82) is 0 Å². The molecule has 0 unspecified atom stereocenters. The van der Waals surface area contributed by atoms with E-state index in [9.17, 15) is 13.6 Å². The van der Waals surface area contributed by atoms with Gasteiger partial charge < -0.3 is 9.84 Å². The minimum atomic E-state index is -2.82. The Hall–Kier alpha value is -0.990. The molecule has 0 aliphatic heterocycles. The smallest absolute Gasteiger partial charge is 0.308 e. The molecule has 0 aliphatic rings. The molecular formula is C9H8F2INO3. The number of pyridine rings is 1. The zero-order valence-corrected chi connectivity index (χ0v) is 10.4. The number of ether oxygens (including phenoxy) is 1. The number of aliphatic carboxylic acids is 1. The van der Waals surface area contributed by atoms with E-state index in [0.717, 1.165) is 0 Å². The van der Waals surface area contributed by atoms with Crippen LogP contribution in [0.5, 0.6) is 5.75 Å². The number of hydrogen-bond acceptors (Lipinski definition) is 3. The summed E-state index contributed by atoms with van der Waals surface area (Å²) in [4.78, 5) is 14.2. The fraction of sp³-hybridized carbons (Fsp3) is 0.333. The van der Waals surface area contributed by atoms with Gasteiger partial charge in [-0.15, -0.1) is 0 Å². The van der Waals surface area contributed by atoms with Gasteiger partial charge in [-0.25, -0.2) is 13.8 Å². The lowest BCUT2D eigenvalue weighted by atomic mass is 10.1. The van der Waals surface area contributed by atoms with Crippen LogP contribution < -0.4 is 4.74 Å². The van der Waals surface area contributed by atoms with Gasteiger partial charge in [-0.3, -0.25) is 4.79 Å². The van der Waals surface area contributed by atoms with Crippen molar-refractivity contribution in [2.24, 2.45) is 0 Å². The molecule has 0 aromatic carbocycles. The summed E-state index contributed by atoms with van der Waals surface area (Å²) in [6, 6.07) is 1.42. The summed E-state index contributed by atoms with van der Waals surface area (Å²) in [6.45, 7) is 0. The summed E-state index contributed by atoms with van der Waals surface area (Å²) in [7, 11) is 1.30. The Morgan fingerprint density at radius 3 is 2.75 bits per heavy atom. The fourth-order valence-corrected chi connectivity index (χ4v) is 1.77. The molecule has 4 nitrogen and oxygen atoms in total. The maximum absolute atomic E-state index is 12.7. The third kappa shape index (κ3) is 3.00. The lowest BCUT2D eigenvalue weighted by molar-refractivity contribution is -0.136. The van der Waals surface area contributed by atoms with Crippen molar-refractivity contribution < 1.29 is 23.4 Å². The highest BCUT2D eigenvalue weighted by Crippen LogP contribution is 2.30. The molecule has 0 spiro atoms. The van der Waals surface area contributed by atoms with E-state index >= 15 is 0 Å². The van der Waals surface area contributed by atoms with E-state index in [1.165, 1.54) is 13.2 Å². The molecule has 0 bridgehead atoms. The highest BCUT2D eigenvalue weighted by atomic mass is 127. The Bertz CT molecular complexity index is 412. The quantitative estimate of drug-likeness (QED) is 0.673. The topological polar surface area (TPSA) is 59.4 Å². The molecule has 0 fully saturated rings. The Balaban J connectivity index is 3.32. The van der Waals surface area contributed by atoms with E-state index in [1.54, 1.807) is 22.6 Å². The van der Waals surface area contributed by atoms with Crippen LogP contribution in [-0.4, -0.2) is 23.2 Å². The van der Waals surface area contributed by atoms with E-state index < -0.39 is 24.5 Å². The molecule has 16 heavy (non-hydrogen) atoms. The van der Waals surface area contributed by atoms with Gasteiger partial charge in [0.25, 0.3) is 6.43 Å². The van der Waals surface area contributed by atoms with E-state index in [0.29, 0.717) is 3.70 Å². The normalized spacial score (nSPS) is 10.6. The van der Waals surface area contributed by atoms with Crippen molar-refractivity contribution in [3.05, 3.63) is 21.0 Å². The number of nitrogens with zero attached hydrogens (tertiary/aromatic N) is 1. The van der Waals surface area contributed by atoms with Gasteiger partial charge in [-0.2, -0.15) is 0 Å². The number of aromatic nitrogens is 1. The highest BCUT2D eigenvalue weighted by molar-refractivity contribution is 14.1. The summed E-state index contributed by atoms with van der Waals surface area (Å²) in [5.41, 5.74) is -0.614. The zero-order chi connectivity index (χ0) is 12.3. The molecule has 0 radical (unpaired) electrons. The highest BCUT2D eigenvalue weighted by Gasteiger charge is 2.21. The van der Waals surface area contributed by atoms with Crippen molar-refractivity contribution in [3.63, 3.8) is 0 Å². The van der Waals surface area contributed by atoms with Crippen molar-refractivity contribution >= 4 is 28.6 Å². The lowest BCUT2D eigenvalue weighted by Crippen LogP contribution is -2.09. The summed E-state index contributed by atoms with van der Waals surface area (Å²) >= 11 is 1.77. The molecule has 1 heterocycles. The summed E-state index contributed by atoms with van der Waals surface area (Å²) in [6.07, 6.45) is -3.36. The minimum Gasteiger partial charge on any atom is -0.496 e. The third-order valence-corrected chi connectivity index (χ3v) is 2.39. The van der Waals surface area contributed by atoms with Crippen LogP contribution in [0.1, 0.15) is 17.7 Å². The van der Waals surface area contributed by atoms with E-state index in [1.807, 2.05) is 0 Å². The molecule has 1 aromatic heterocycles. The minimum absolute atomic E-state index is 0.0783. The number of alkyl halides is 2. The first-order valence-electron chi connectivity index (χ1n) is 4.19. The van der Waals surface area contributed by atoms with Crippen LogP contribution in [0.2, 0.25) is 0 Å². The van der Waals surface area contributed by atoms with Crippen LogP contribution in [0.3, 0.4) is 0 Å². The number of carboxylic acid groups (broad SMARTS) is 1. The van der Waals surface area contributed by atoms with Crippen LogP contribution in [0.15, 0.2) is 6.07 Å². The van der Waals surface area contributed by atoms with Crippen molar-refractivity contribution in [2.45, 2.75) is 12.8 Å². The summed E-state index contributed by atoms with van der Waals surface area (Å²) < 4.78 is 30.5. The fourth-order valence-electron chi connectivity index (χ4n) is 1.23. The van der Waals surface area contributed by atoms with Crippen molar-refractivity contribution in [3.8, 4) is 5.75 Å². The van der Waals surface area contributed by atoms with Gasteiger partial charge in [0.15, 0.2) is 0 Å². The van der Waals surface area contributed by atoms with E-state index in [4.69, 9.17) is 9.84 Å². The van der Waals surface area contributed by atoms with Gasteiger partial charge in [-0.1, -0.05) is 0 Å². The second-order valence-corrected chi connectivity index (χ2v) is 3.99. The molecule has 88 valence electrons. The van der Waals surface area contributed by atoms with Crippen LogP contribution in [0, 0.1) is 3.70 Å². The average molecular weight is 343 g/mol. The lowest BCUT2D eigenvalue weighted by Gasteiger charge is -2.11. The SMILES string of the molecule is COc1cc(I)nc(C(F)F)c1CC(=O)O. The van der Waals surface area contributed by atoms with Crippen LogP contribution >= 0.6 is 22.6 Å². The number of rotatable bonds is 4. The number of carbonyl (C=O) groups is 1. The van der Waals surface area contributed by atoms with E-state index in [2.05, 4.69) is 4.98 Å². The maximum atomic E-state index is 12.7. The van der Waals surface area contributed by atoms with Gasteiger partial charge in [0.1, 0.15) is 15.1 Å². The average Bonchev–Trinajstić information content (AvgIpc) is 2.19. The van der Waals surface area contributed by atoms with Crippen molar-refractivity contribution in [1.82, 2.24) is 4.98 Å². The second kappa shape index (κ2) is 5.37. The second-order valence-electron chi connectivity index (χ2n) is 2.88. The van der Waals surface area contributed by atoms with Gasteiger partial charge in [0.05, 0.1) is 13.5 Å². The Morgan fingerprint density at radius 1 is 1.69 bits per heavy atom. The molecule has 0 saturated carbocycles. The monoisotopic (exact) mass is 343 g/mol. The first-order chi connectivity index (χ1) is 7.45. The molecule has 0 atom stereocenters. The number of methoxy groups -OCH3 is 1. The van der Waals surface area contributed by atoms with E-state index in [-0.39, 0.29) is 11.3 Å². The van der Waals surface area contributed by atoms with Gasteiger partial charge in [0, 0.05) is 11.6 Å². The summed E-state index contributed by atoms with van der Waals surface area (Å²) in [5.74, 6) is -1.08. The standard InChI is InChI=1S/C9H8F2INO3/c1-16-5-3-6(12)13-8(9(10)11)4(5)2-7(14)15/h3,9H,2H2,1H3,(H,14,15). The van der Waals surface area contributed by atoms with Gasteiger partial charge in [0.2, 0.25) is 0 Å². The number of halogens is 3. The van der Waals surface area contributed by atoms with Crippen LogP contribution in [-0.2, 0) is 11.2 Å². The third-order valence-electron chi connectivity index (χ3n) is 1.84. The largest absolute Gasteiger partial charge is 0.496 e. The van der Waals surface area contributed by atoms with Crippen LogP contribution in [0.25, 0.3) is 0 Å². The molecular weight excluding hydrogens is 335 g/mol. The predicted octanol–water partition coefficient (Wildman–Crippen LogP) is 2.26. The van der Waals surface area contributed by atoms with Crippen LogP contribution in [0.4, 0.5) is 8.78 Å².